The molecule has 0 aromatic carbocycles. The molecule has 6 heteroatoms. The van der Waals surface area contributed by atoms with Gasteiger partial charge in [-0.15, -0.1) is 0 Å². The molecule has 1 aromatic rings. The first kappa shape index (κ1) is 15.0. The minimum atomic E-state index is -0.471. The van der Waals surface area contributed by atoms with Crippen LogP contribution in [0.3, 0.4) is 0 Å². The number of amides is 1. The number of hydrogen-bond acceptors (Lipinski definition) is 4. The van der Waals surface area contributed by atoms with Gasteiger partial charge in [0.15, 0.2) is 0 Å². The molecule has 1 aliphatic rings. The molecule has 1 aromatic heterocycles. The van der Waals surface area contributed by atoms with E-state index in [2.05, 4.69) is 10.4 Å². The van der Waals surface area contributed by atoms with E-state index in [1.54, 1.807) is 4.68 Å². The fourth-order valence-electron chi connectivity index (χ4n) is 2.63. The lowest BCUT2D eigenvalue weighted by atomic mass is 9.96. The van der Waals surface area contributed by atoms with Gasteiger partial charge >= 0.3 is 0 Å². The van der Waals surface area contributed by atoms with Gasteiger partial charge in [0.2, 0.25) is 5.91 Å². The van der Waals surface area contributed by atoms with E-state index in [9.17, 15) is 4.79 Å². The number of morpholine rings is 1. The summed E-state index contributed by atoms with van der Waals surface area (Å²) in [6.45, 7) is 6.46. The first-order valence-electron chi connectivity index (χ1n) is 7.03. The highest BCUT2D eigenvalue weighted by Gasteiger charge is 2.37. The molecular weight excluding hydrogens is 256 g/mol. The molecule has 6 nitrogen and oxygen atoms in total. The molecule has 0 spiro atoms. The molecular formula is C14H24N4O2. The van der Waals surface area contributed by atoms with Crippen LogP contribution in [-0.2, 0) is 22.2 Å². The van der Waals surface area contributed by atoms with Crippen LogP contribution in [0.1, 0.15) is 19.4 Å². The van der Waals surface area contributed by atoms with Crippen LogP contribution in [0.2, 0.25) is 0 Å². The van der Waals surface area contributed by atoms with E-state index in [0.29, 0.717) is 26.2 Å². The van der Waals surface area contributed by atoms with Gasteiger partial charge < -0.3 is 15.0 Å². The number of aromatic nitrogens is 2. The lowest BCUT2D eigenvalue weighted by Gasteiger charge is -2.41. The minimum Gasteiger partial charge on any atom is -0.367 e. The number of carbonyl (C=O) groups is 1. The quantitative estimate of drug-likeness (QED) is 0.864. The number of ether oxygens (including phenoxy) is 1. The Hall–Kier alpha value is -1.40. The third-order valence-corrected chi connectivity index (χ3v) is 3.83. The summed E-state index contributed by atoms with van der Waals surface area (Å²) < 4.78 is 7.68. The zero-order valence-corrected chi connectivity index (χ0v) is 12.7. The van der Waals surface area contributed by atoms with E-state index in [4.69, 9.17) is 4.74 Å². The Morgan fingerprint density at radius 1 is 1.65 bits per heavy atom. The van der Waals surface area contributed by atoms with E-state index in [1.165, 1.54) is 0 Å². The third kappa shape index (κ3) is 3.02. The second-order valence-electron chi connectivity index (χ2n) is 5.70. The van der Waals surface area contributed by atoms with Crippen molar-refractivity contribution in [3.05, 3.63) is 18.0 Å². The summed E-state index contributed by atoms with van der Waals surface area (Å²) in [6, 6.07) is 0. The third-order valence-electron chi connectivity index (χ3n) is 3.83. The van der Waals surface area contributed by atoms with Crippen LogP contribution in [0.4, 0.5) is 0 Å². The van der Waals surface area contributed by atoms with E-state index in [-0.39, 0.29) is 11.8 Å². The van der Waals surface area contributed by atoms with Crippen LogP contribution in [-0.4, -0.2) is 53.9 Å². The van der Waals surface area contributed by atoms with Crippen molar-refractivity contribution >= 4 is 5.91 Å². The smallest absolute Gasteiger partial charge is 0.226 e. The van der Waals surface area contributed by atoms with Crippen molar-refractivity contribution in [1.29, 1.82) is 0 Å². The van der Waals surface area contributed by atoms with E-state index in [0.717, 1.165) is 5.56 Å². The number of hydrogen-bond donors (Lipinski definition) is 1. The summed E-state index contributed by atoms with van der Waals surface area (Å²) >= 11 is 0. The Balaban J connectivity index is 2.10. The van der Waals surface area contributed by atoms with Crippen molar-refractivity contribution in [2.24, 2.45) is 13.0 Å². The predicted octanol–water partition coefficient (Wildman–Crippen LogP) is 0.350. The lowest BCUT2D eigenvalue weighted by Crippen LogP contribution is -2.52. The monoisotopic (exact) mass is 280 g/mol. The highest BCUT2D eigenvalue weighted by atomic mass is 16.5. The summed E-state index contributed by atoms with van der Waals surface area (Å²) in [4.78, 5) is 14.3. The SMILES string of the molecule is CNC[C@@H](C)C(=O)N1CCO[C@@](C)(c2cnn(C)c2)C1. The van der Waals surface area contributed by atoms with Gasteiger partial charge in [0.1, 0.15) is 5.60 Å². The zero-order valence-electron chi connectivity index (χ0n) is 12.7. The molecule has 0 bridgehead atoms. The van der Waals surface area contributed by atoms with Gasteiger partial charge in [0.25, 0.3) is 0 Å². The number of rotatable bonds is 4. The zero-order chi connectivity index (χ0) is 14.8. The van der Waals surface area contributed by atoms with E-state index < -0.39 is 5.60 Å². The van der Waals surface area contributed by atoms with Crippen molar-refractivity contribution in [3.8, 4) is 0 Å². The summed E-state index contributed by atoms with van der Waals surface area (Å²) in [5, 5.41) is 7.25. The Morgan fingerprint density at radius 2 is 2.40 bits per heavy atom. The van der Waals surface area contributed by atoms with Gasteiger partial charge in [-0.25, -0.2) is 0 Å². The molecule has 2 heterocycles. The van der Waals surface area contributed by atoms with Crippen LogP contribution < -0.4 is 5.32 Å². The summed E-state index contributed by atoms with van der Waals surface area (Å²) in [7, 11) is 3.75. The molecule has 2 atom stereocenters. The molecule has 2 rings (SSSR count). The number of aryl methyl sites for hydroxylation is 1. The number of carbonyl (C=O) groups excluding carboxylic acids is 1. The highest BCUT2D eigenvalue weighted by molar-refractivity contribution is 5.79. The van der Waals surface area contributed by atoms with Gasteiger partial charge in [-0.3, -0.25) is 9.48 Å². The maximum Gasteiger partial charge on any atom is 0.226 e. The number of nitrogens with zero attached hydrogens (tertiary/aromatic N) is 3. The fraction of sp³-hybridized carbons (Fsp3) is 0.714. The average molecular weight is 280 g/mol. The molecule has 0 radical (unpaired) electrons. The normalized spacial score (nSPS) is 24.7. The molecule has 20 heavy (non-hydrogen) atoms. The molecule has 1 saturated heterocycles. The predicted molar refractivity (Wildman–Crippen MR) is 76.2 cm³/mol. The Bertz CT molecular complexity index is 473. The second-order valence-corrected chi connectivity index (χ2v) is 5.70. The topological polar surface area (TPSA) is 59.4 Å². The van der Waals surface area contributed by atoms with Gasteiger partial charge in [0.05, 0.1) is 19.3 Å². The Kier molecular flexibility index (Phi) is 4.45. The van der Waals surface area contributed by atoms with Crippen LogP contribution in [0.25, 0.3) is 0 Å². The maximum atomic E-state index is 12.4. The van der Waals surface area contributed by atoms with E-state index >= 15 is 0 Å². The van der Waals surface area contributed by atoms with Gasteiger partial charge in [-0.2, -0.15) is 5.10 Å². The molecule has 0 unspecified atom stereocenters. The number of nitrogens with one attached hydrogen (secondary N) is 1. The van der Waals surface area contributed by atoms with Crippen LogP contribution in [0.15, 0.2) is 12.4 Å². The van der Waals surface area contributed by atoms with Crippen LogP contribution in [0.5, 0.6) is 0 Å². The molecule has 1 aliphatic heterocycles. The van der Waals surface area contributed by atoms with Crippen molar-refractivity contribution in [3.63, 3.8) is 0 Å². The molecule has 0 aliphatic carbocycles. The Labute approximate surface area is 120 Å². The van der Waals surface area contributed by atoms with Crippen LogP contribution >= 0.6 is 0 Å². The largest absolute Gasteiger partial charge is 0.367 e. The minimum absolute atomic E-state index is 0.0174. The highest BCUT2D eigenvalue weighted by Crippen LogP contribution is 2.29. The Morgan fingerprint density at radius 3 is 3.00 bits per heavy atom. The summed E-state index contributed by atoms with van der Waals surface area (Å²) in [5.74, 6) is 0.161. The van der Waals surface area contributed by atoms with Crippen LogP contribution in [0, 0.1) is 5.92 Å². The lowest BCUT2D eigenvalue weighted by molar-refractivity contribution is -0.153. The van der Waals surface area contributed by atoms with E-state index in [1.807, 2.05) is 45.2 Å². The standard InChI is InChI=1S/C14H24N4O2/c1-11(7-15-3)13(19)18-5-6-20-14(2,10-18)12-8-16-17(4)9-12/h8-9,11,15H,5-7,10H2,1-4H3/t11-,14-/m1/s1. The molecule has 1 N–H and O–H groups in total. The molecule has 0 saturated carbocycles. The molecule has 1 amide bonds. The summed E-state index contributed by atoms with van der Waals surface area (Å²) in [5.41, 5.74) is 0.542. The fourth-order valence-corrected chi connectivity index (χ4v) is 2.63. The van der Waals surface area contributed by atoms with Crippen molar-refractivity contribution < 1.29 is 9.53 Å². The first-order chi connectivity index (χ1) is 9.46. The van der Waals surface area contributed by atoms with Gasteiger partial charge in [-0.1, -0.05) is 6.92 Å². The average Bonchev–Trinajstić information content (AvgIpc) is 2.86. The second kappa shape index (κ2) is 5.93. The maximum absolute atomic E-state index is 12.4. The van der Waals surface area contributed by atoms with Crippen molar-refractivity contribution in [1.82, 2.24) is 20.0 Å². The van der Waals surface area contributed by atoms with Crippen molar-refractivity contribution in [2.45, 2.75) is 19.4 Å². The van der Waals surface area contributed by atoms with Gasteiger partial charge in [0, 0.05) is 37.8 Å². The summed E-state index contributed by atoms with van der Waals surface area (Å²) in [6.07, 6.45) is 3.76. The molecule has 112 valence electrons. The van der Waals surface area contributed by atoms with Crippen molar-refractivity contribution in [2.75, 3.05) is 33.3 Å². The molecule has 1 fully saturated rings. The van der Waals surface area contributed by atoms with Gasteiger partial charge in [-0.05, 0) is 14.0 Å². The first-order valence-corrected chi connectivity index (χ1v) is 7.03.